The van der Waals surface area contributed by atoms with Gasteiger partial charge in [-0.2, -0.15) is 0 Å². The molecule has 6 heteroatoms. The van der Waals surface area contributed by atoms with Crippen molar-refractivity contribution in [3.05, 3.63) is 23.2 Å². The summed E-state index contributed by atoms with van der Waals surface area (Å²) >= 11 is 5.92. The molecule has 0 unspecified atom stereocenters. The van der Waals surface area contributed by atoms with Gasteiger partial charge in [-0.15, -0.1) is 0 Å². The Morgan fingerprint density at radius 1 is 1.47 bits per heavy atom. The monoisotopic (exact) mass is 254 g/mol. The Hall–Kier alpha value is -1.20. The van der Waals surface area contributed by atoms with Crippen LogP contribution in [-0.2, 0) is 0 Å². The summed E-state index contributed by atoms with van der Waals surface area (Å²) < 4.78 is 0. The third kappa shape index (κ3) is 2.73. The molecule has 2 atom stereocenters. The van der Waals surface area contributed by atoms with E-state index in [9.17, 15) is 4.79 Å². The predicted molar refractivity (Wildman–Crippen MR) is 65.0 cm³/mol. The van der Waals surface area contributed by atoms with Crippen LogP contribution in [0.15, 0.2) is 12.5 Å². The number of nitrogens with one attached hydrogen (secondary N) is 1. The van der Waals surface area contributed by atoms with Crippen molar-refractivity contribution in [3.63, 3.8) is 0 Å². The topological polar surface area (TPSA) is 58.1 Å². The van der Waals surface area contributed by atoms with E-state index >= 15 is 0 Å². The van der Waals surface area contributed by atoms with Crippen molar-refractivity contribution in [1.29, 1.82) is 0 Å². The van der Waals surface area contributed by atoms with Gasteiger partial charge in [0, 0.05) is 31.4 Å². The molecule has 0 aromatic carbocycles. The molecule has 1 fully saturated rings. The Kier molecular flexibility index (Phi) is 3.59. The lowest BCUT2D eigenvalue weighted by molar-refractivity contribution is 0.0668. The van der Waals surface area contributed by atoms with Crippen molar-refractivity contribution in [2.45, 2.75) is 25.9 Å². The molecule has 1 aromatic rings. The molecule has 0 spiro atoms. The predicted octanol–water partition coefficient (Wildman–Crippen LogP) is 0.952. The largest absolute Gasteiger partial charge is 0.334 e. The van der Waals surface area contributed by atoms with E-state index in [-0.39, 0.29) is 23.7 Å². The number of piperazine rings is 1. The number of hydrogen-bond donors (Lipinski definition) is 1. The van der Waals surface area contributed by atoms with Crippen molar-refractivity contribution >= 4 is 17.5 Å². The molecular formula is C11H15ClN4O. The van der Waals surface area contributed by atoms with Crippen LogP contribution >= 0.6 is 11.6 Å². The molecule has 92 valence electrons. The maximum Gasteiger partial charge on any atom is 0.274 e. The lowest BCUT2D eigenvalue weighted by atomic mass is 10.1. The number of halogens is 1. The van der Waals surface area contributed by atoms with Crippen LogP contribution in [0.1, 0.15) is 24.3 Å². The Labute approximate surface area is 105 Å². The summed E-state index contributed by atoms with van der Waals surface area (Å²) in [6.07, 6.45) is 2.78. The average Bonchev–Trinajstić information content (AvgIpc) is 2.27. The van der Waals surface area contributed by atoms with Crippen molar-refractivity contribution in [2.75, 3.05) is 13.1 Å². The minimum Gasteiger partial charge on any atom is -0.334 e. The number of hydrogen-bond acceptors (Lipinski definition) is 4. The summed E-state index contributed by atoms with van der Waals surface area (Å²) in [6.45, 7) is 5.45. The Morgan fingerprint density at radius 3 is 2.71 bits per heavy atom. The molecule has 5 nitrogen and oxygen atoms in total. The van der Waals surface area contributed by atoms with Crippen LogP contribution in [0.25, 0.3) is 0 Å². The smallest absolute Gasteiger partial charge is 0.274 e. The van der Waals surface area contributed by atoms with Crippen molar-refractivity contribution in [3.8, 4) is 0 Å². The highest BCUT2D eigenvalue weighted by Crippen LogP contribution is 2.15. The number of aromatic nitrogens is 2. The highest BCUT2D eigenvalue weighted by molar-refractivity contribution is 6.33. The average molecular weight is 255 g/mol. The van der Waals surface area contributed by atoms with Gasteiger partial charge < -0.3 is 10.2 Å². The first-order valence-corrected chi connectivity index (χ1v) is 5.96. The fourth-order valence-electron chi connectivity index (χ4n) is 2.11. The molecule has 0 bridgehead atoms. The first kappa shape index (κ1) is 12.3. The summed E-state index contributed by atoms with van der Waals surface area (Å²) in [4.78, 5) is 21.7. The fraction of sp³-hybridized carbons (Fsp3) is 0.545. The van der Waals surface area contributed by atoms with Crippen LogP contribution < -0.4 is 5.32 Å². The van der Waals surface area contributed by atoms with Gasteiger partial charge in [0.15, 0.2) is 0 Å². The summed E-state index contributed by atoms with van der Waals surface area (Å²) in [5.74, 6) is -0.127. The third-order valence-electron chi connectivity index (χ3n) is 2.71. The Balaban J connectivity index is 2.17. The van der Waals surface area contributed by atoms with Gasteiger partial charge in [0.1, 0.15) is 12.0 Å². The van der Waals surface area contributed by atoms with Crippen molar-refractivity contribution in [2.24, 2.45) is 0 Å². The maximum atomic E-state index is 12.2. The standard InChI is InChI=1S/C11H15ClN4O/c1-7-4-16(5-8(2)15-7)11(17)10-9(12)3-13-6-14-10/h3,6-8,15H,4-5H2,1-2H3/t7-,8-/m0/s1. The van der Waals surface area contributed by atoms with Gasteiger partial charge in [0.05, 0.1) is 5.02 Å². The second kappa shape index (κ2) is 4.98. The zero-order valence-electron chi connectivity index (χ0n) is 9.85. The number of rotatable bonds is 1. The molecule has 0 saturated carbocycles. The van der Waals surface area contributed by atoms with E-state index in [1.807, 2.05) is 0 Å². The van der Waals surface area contributed by atoms with E-state index < -0.39 is 0 Å². The molecule has 1 aromatic heterocycles. The van der Waals surface area contributed by atoms with Crippen molar-refractivity contribution in [1.82, 2.24) is 20.2 Å². The highest BCUT2D eigenvalue weighted by atomic mass is 35.5. The highest BCUT2D eigenvalue weighted by Gasteiger charge is 2.27. The molecule has 1 saturated heterocycles. The molecule has 0 radical (unpaired) electrons. The number of carbonyl (C=O) groups is 1. The summed E-state index contributed by atoms with van der Waals surface area (Å²) in [5, 5.41) is 3.67. The van der Waals surface area contributed by atoms with E-state index in [1.54, 1.807) is 4.90 Å². The lowest BCUT2D eigenvalue weighted by Crippen LogP contribution is -2.56. The van der Waals surface area contributed by atoms with Gasteiger partial charge in [-0.25, -0.2) is 9.97 Å². The molecule has 1 aliphatic heterocycles. The second-order valence-corrected chi connectivity index (χ2v) is 4.81. The number of amides is 1. The van der Waals surface area contributed by atoms with Crippen LogP contribution in [0.2, 0.25) is 5.02 Å². The third-order valence-corrected chi connectivity index (χ3v) is 2.99. The normalized spacial score (nSPS) is 24.8. The minimum atomic E-state index is -0.127. The van der Waals surface area contributed by atoms with E-state index in [4.69, 9.17) is 11.6 Å². The zero-order chi connectivity index (χ0) is 12.4. The van der Waals surface area contributed by atoms with Gasteiger partial charge >= 0.3 is 0 Å². The fourth-order valence-corrected chi connectivity index (χ4v) is 2.30. The van der Waals surface area contributed by atoms with Crippen LogP contribution in [0.5, 0.6) is 0 Å². The molecule has 0 aliphatic carbocycles. The van der Waals surface area contributed by atoms with E-state index in [0.29, 0.717) is 18.1 Å². The van der Waals surface area contributed by atoms with Gasteiger partial charge in [-0.3, -0.25) is 4.79 Å². The molecule has 1 N–H and O–H groups in total. The maximum absolute atomic E-state index is 12.2. The molecule has 17 heavy (non-hydrogen) atoms. The summed E-state index contributed by atoms with van der Waals surface area (Å²) in [6, 6.07) is 0.562. The second-order valence-electron chi connectivity index (χ2n) is 4.40. The molecule has 2 heterocycles. The summed E-state index contributed by atoms with van der Waals surface area (Å²) in [5.41, 5.74) is 0.281. The zero-order valence-corrected chi connectivity index (χ0v) is 10.6. The Morgan fingerprint density at radius 2 is 2.12 bits per heavy atom. The van der Waals surface area contributed by atoms with Gasteiger partial charge in [0.2, 0.25) is 0 Å². The SMILES string of the molecule is C[C@H]1CN(C(=O)c2ncncc2Cl)C[C@H](C)N1. The lowest BCUT2D eigenvalue weighted by Gasteiger charge is -2.36. The molecule has 1 amide bonds. The van der Waals surface area contributed by atoms with Gasteiger partial charge in [0.25, 0.3) is 5.91 Å². The minimum absolute atomic E-state index is 0.127. The van der Waals surface area contributed by atoms with Crippen LogP contribution in [-0.4, -0.2) is 45.9 Å². The molecule has 2 rings (SSSR count). The van der Waals surface area contributed by atoms with Crippen molar-refractivity contribution < 1.29 is 4.79 Å². The first-order valence-electron chi connectivity index (χ1n) is 5.58. The van der Waals surface area contributed by atoms with Crippen LogP contribution in [0.4, 0.5) is 0 Å². The van der Waals surface area contributed by atoms with Gasteiger partial charge in [-0.1, -0.05) is 11.6 Å². The Bertz CT molecular complexity index is 416. The van der Waals surface area contributed by atoms with Crippen LogP contribution in [0, 0.1) is 0 Å². The summed E-state index contributed by atoms with van der Waals surface area (Å²) in [7, 11) is 0. The van der Waals surface area contributed by atoms with E-state index in [1.165, 1.54) is 12.5 Å². The van der Waals surface area contributed by atoms with E-state index in [2.05, 4.69) is 29.1 Å². The first-order chi connectivity index (χ1) is 8.08. The van der Waals surface area contributed by atoms with Gasteiger partial charge in [-0.05, 0) is 13.8 Å². The van der Waals surface area contributed by atoms with E-state index in [0.717, 1.165) is 0 Å². The number of nitrogens with zero attached hydrogens (tertiary/aromatic N) is 3. The molecular weight excluding hydrogens is 240 g/mol. The quantitative estimate of drug-likeness (QED) is 0.811. The molecule has 1 aliphatic rings. The van der Waals surface area contributed by atoms with Crippen LogP contribution in [0.3, 0.4) is 0 Å². The number of carbonyl (C=O) groups excluding carboxylic acids is 1.